The molecule has 1 fully saturated rings. The number of nitrogens with one attached hydrogen (secondary N) is 2. The summed E-state index contributed by atoms with van der Waals surface area (Å²) < 4.78 is 0. The number of hydrazine groups is 1. The summed E-state index contributed by atoms with van der Waals surface area (Å²) in [5.41, 5.74) is 3.57. The molecule has 1 aromatic carbocycles. The lowest BCUT2D eigenvalue weighted by Gasteiger charge is -2.23. The molecule has 0 saturated carbocycles. The molecule has 1 aliphatic rings. The first-order chi connectivity index (χ1) is 9.79. The Balaban J connectivity index is 2.13. The number of benzene rings is 1. The summed E-state index contributed by atoms with van der Waals surface area (Å²) in [6, 6.07) is 9.86. The molecule has 20 heavy (non-hydrogen) atoms. The number of nitrogen functional groups attached to an aromatic ring is 1. The Morgan fingerprint density at radius 1 is 1.30 bits per heavy atom. The Bertz CT molecular complexity index is 635. The third kappa shape index (κ3) is 2.37. The van der Waals surface area contributed by atoms with Crippen molar-refractivity contribution in [3.05, 3.63) is 41.7 Å². The van der Waals surface area contributed by atoms with Crippen molar-refractivity contribution in [2.45, 2.75) is 18.8 Å². The second kappa shape index (κ2) is 5.56. The lowest BCUT2D eigenvalue weighted by Crippen LogP contribution is -2.31. The van der Waals surface area contributed by atoms with Crippen molar-refractivity contribution in [3.63, 3.8) is 0 Å². The van der Waals surface area contributed by atoms with E-state index in [0.29, 0.717) is 11.6 Å². The number of nitrogens with two attached hydrogens (primary N) is 1. The maximum absolute atomic E-state index is 11.8. The molecule has 3 rings (SSSR count). The van der Waals surface area contributed by atoms with E-state index in [1.54, 1.807) is 6.07 Å². The highest BCUT2D eigenvalue weighted by Crippen LogP contribution is 2.30. The van der Waals surface area contributed by atoms with Gasteiger partial charge >= 0.3 is 0 Å². The number of carbonyl (C=O) groups excluding carboxylic acids is 1. The van der Waals surface area contributed by atoms with Crippen LogP contribution in [0.5, 0.6) is 0 Å². The Hall–Kier alpha value is -1.98. The van der Waals surface area contributed by atoms with Gasteiger partial charge in [0.2, 0.25) is 0 Å². The minimum Gasteiger partial charge on any atom is -0.317 e. The van der Waals surface area contributed by atoms with Gasteiger partial charge in [-0.1, -0.05) is 24.3 Å². The SMILES string of the molecule is NNC(=O)c1cc2ccccc2c(C2CCNCC2)n1. The van der Waals surface area contributed by atoms with Gasteiger partial charge in [-0.2, -0.15) is 0 Å². The molecule has 0 unspecified atom stereocenters. The smallest absolute Gasteiger partial charge is 0.283 e. The molecule has 2 aromatic rings. The summed E-state index contributed by atoms with van der Waals surface area (Å²) >= 11 is 0. The number of rotatable bonds is 2. The van der Waals surface area contributed by atoms with Crippen LogP contribution in [0.15, 0.2) is 30.3 Å². The zero-order valence-electron chi connectivity index (χ0n) is 11.2. The average Bonchev–Trinajstić information content (AvgIpc) is 2.54. The van der Waals surface area contributed by atoms with Crippen molar-refractivity contribution >= 4 is 16.7 Å². The highest BCUT2D eigenvalue weighted by atomic mass is 16.2. The number of piperidine rings is 1. The number of pyridine rings is 1. The van der Waals surface area contributed by atoms with Crippen LogP contribution in [-0.2, 0) is 0 Å². The van der Waals surface area contributed by atoms with E-state index in [9.17, 15) is 4.79 Å². The molecule has 0 bridgehead atoms. The molecule has 0 spiro atoms. The number of hydrogen-bond acceptors (Lipinski definition) is 4. The fraction of sp³-hybridized carbons (Fsp3) is 0.333. The van der Waals surface area contributed by atoms with Gasteiger partial charge < -0.3 is 5.32 Å². The zero-order chi connectivity index (χ0) is 13.9. The van der Waals surface area contributed by atoms with E-state index in [0.717, 1.165) is 42.4 Å². The highest BCUT2D eigenvalue weighted by molar-refractivity contribution is 5.97. The van der Waals surface area contributed by atoms with E-state index >= 15 is 0 Å². The lowest BCUT2D eigenvalue weighted by atomic mass is 9.90. The number of aromatic nitrogens is 1. The van der Waals surface area contributed by atoms with Crippen molar-refractivity contribution in [3.8, 4) is 0 Å². The summed E-state index contributed by atoms with van der Waals surface area (Å²) in [6.07, 6.45) is 2.09. The molecule has 0 aliphatic carbocycles. The third-order valence-corrected chi connectivity index (χ3v) is 3.86. The summed E-state index contributed by atoms with van der Waals surface area (Å²) in [5, 5.41) is 5.52. The summed E-state index contributed by atoms with van der Waals surface area (Å²) in [6.45, 7) is 1.99. The molecule has 104 valence electrons. The van der Waals surface area contributed by atoms with Gasteiger partial charge in [-0.05, 0) is 37.4 Å². The van der Waals surface area contributed by atoms with Crippen molar-refractivity contribution in [2.75, 3.05) is 13.1 Å². The number of amides is 1. The zero-order valence-corrected chi connectivity index (χ0v) is 11.2. The summed E-state index contributed by atoms with van der Waals surface area (Å²) in [7, 11) is 0. The van der Waals surface area contributed by atoms with E-state index in [2.05, 4.69) is 21.8 Å². The molecule has 0 atom stereocenters. The van der Waals surface area contributed by atoms with E-state index in [-0.39, 0.29) is 5.91 Å². The van der Waals surface area contributed by atoms with Crippen molar-refractivity contribution in [1.82, 2.24) is 15.7 Å². The second-order valence-electron chi connectivity index (χ2n) is 5.11. The van der Waals surface area contributed by atoms with E-state index in [1.165, 1.54) is 0 Å². The molecule has 1 amide bonds. The molecule has 2 heterocycles. The topological polar surface area (TPSA) is 80.0 Å². The predicted molar refractivity (Wildman–Crippen MR) is 78.2 cm³/mol. The van der Waals surface area contributed by atoms with Crippen molar-refractivity contribution in [1.29, 1.82) is 0 Å². The monoisotopic (exact) mass is 270 g/mol. The standard InChI is InChI=1S/C15H18N4O/c16-19-15(20)13-9-11-3-1-2-4-12(11)14(18-13)10-5-7-17-8-6-10/h1-4,9-10,17H,5-8,16H2,(H,19,20). The minimum absolute atomic E-state index is 0.342. The van der Waals surface area contributed by atoms with Gasteiger partial charge in [0.25, 0.3) is 5.91 Å². The molecule has 1 saturated heterocycles. The molecular weight excluding hydrogens is 252 g/mol. The number of carbonyl (C=O) groups is 1. The van der Waals surface area contributed by atoms with Crippen LogP contribution in [0.4, 0.5) is 0 Å². The van der Waals surface area contributed by atoms with Crippen molar-refractivity contribution in [2.24, 2.45) is 5.84 Å². The number of nitrogens with zero attached hydrogens (tertiary/aromatic N) is 1. The first kappa shape index (κ1) is 13.0. The largest absolute Gasteiger partial charge is 0.317 e. The van der Waals surface area contributed by atoms with Crippen LogP contribution < -0.4 is 16.6 Å². The Kier molecular flexibility index (Phi) is 3.62. The van der Waals surface area contributed by atoms with E-state index < -0.39 is 0 Å². The van der Waals surface area contributed by atoms with Gasteiger partial charge in [0.1, 0.15) is 5.69 Å². The van der Waals surface area contributed by atoms with Gasteiger partial charge in [0.05, 0.1) is 5.69 Å². The van der Waals surface area contributed by atoms with Crippen molar-refractivity contribution < 1.29 is 4.79 Å². The minimum atomic E-state index is -0.342. The van der Waals surface area contributed by atoms with Crippen LogP contribution >= 0.6 is 0 Å². The molecular formula is C15H18N4O. The molecule has 5 nitrogen and oxygen atoms in total. The highest BCUT2D eigenvalue weighted by Gasteiger charge is 2.20. The van der Waals surface area contributed by atoms with E-state index in [1.807, 2.05) is 18.2 Å². The van der Waals surface area contributed by atoms with Crippen LogP contribution in [0.2, 0.25) is 0 Å². The predicted octanol–water partition coefficient (Wildman–Crippen LogP) is 1.31. The fourth-order valence-electron chi connectivity index (χ4n) is 2.82. The molecule has 4 N–H and O–H groups in total. The first-order valence-electron chi connectivity index (χ1n) is 6.91. The van der Waals surface area contributed by atoms with Crippen LogP contribution in [0, 0.1) is 0 Å². The summed E-state index contributed by atoms with van der Waals surface area (Å²) in [5.74, 6) is 5.28. The fourth-order valence-corrected chi connectivity index (χ4v) is 2.82. The molecule has 0 radical (unpaired) electrons. The number of fused-ring (bicyclic) bond motifs is 1. The van der Waals surface area contributed by atoms with Crippen LogP contribution in [0.1, 0.15) is 34.9 Å². The van der Waals surface area contributed by atoms with Crippen LogP contribution in [-0.4, -0.2) is 24.0 Å². The Morgan fingerprint density at radius 3 is 2.80 bits per heavy atom. The molecule has 1 aliphatic heterocycles. The maximum atomic E-state index is 11.8. The molecule has 1 aromatic heterocycles. The van der Waals surface area contributed by atoms with Gasteiger partial charge in [0, 0.05) is 11.3 Å². The molecule has 5 heteroatoms. The van der Waals surface area contributed by atoms with Gasteiger partial charge in [0.15, 0.2) is 0 Å². The number of hydrogen-bond donors (Lipinski definition) is 3. The van der Waals surface area contributed by atoms with Gasteiger partial charge in [-0.15, -0.1) is 0 Å². The third-order valence-electron chi connectivity index (χ3n) is 3.86. The lowest BCUT2D eigenvalue weighted by molar-refractivity contribution is 0.0948. The quantitative estimate of drug-likeness (QED) is 0.436. The van der Waals surface area contributed by atoms with Crippen LogP contribution in [0.3, 0.4) is 0 Å². The Morgan fingerprint density at radius 2 is 2.05 bits per heavy atom. The average molecular weight is 270 g/mol. The Labute approximate surface area is 117 Å². The summed E-state index contributed by atoms with van der Waals surface area (Å²) in [4.78, 5) is 16.4. The van der Waals surface area contributed by atoms with Gasteiger partial charge in [-0.25, -0.2) is 10.8 Å². The maximum Gasteiger partial charge on any atom is 0.283 e. The van der Waals surface area contributed by atoms with E-state index in [4.69, 9.17) is 5.84 Å². The second-order valence-corrected chi connectivity index (χ2v) is 5.11. The van der Waals surface area contributed by atoms with Crippen LogP contribution in [0.25, 0.3) is 10.8 Å². The first-order valence-corrected chi connectivity index (χ1v) is 6.91. The normalized spacial score (nSPS) is 16.2. The van der Waals surface area contributed by atoms with Gasteiger partial charge in [-0.3, -0.25) is 10.2 Å².